The molecule has 186 valence electrons. The third-order valence-electron chi connectivity index (χ3n) is 6.66. The van der Waals surface area contributed by atoms with Crippen molar-refractivity contribution in [2.75, 3.05) is 26.2 Å². The SMILES string of the molecule is CC[C@@H](C)C(=O)N1CCN(Cc2cc(=O)c(OCc3ccc(-c4ccccc4C#N)cc3)co2)CC1. The Morgan fingerprint density at radius 2 is 1.83 bits per heavy atom. The highest BCUT2D eigenvalue weighted by molar-refractivity contribution is 5.78. The lowest BCUT2D eigenvalue weighted by atomic mass is 9.99. The van der Waals surface area contributed by atoms with E-state index in [1.165, 1.54) is 12.3 Å². The van der Waals surface area contributed by atoms with E-state index in [0.29, 0.717) is 31.0 Å². The van der Waals surface area contributed by atoms with Crippen molar-refractivity contribution in [1.29, 1.82) is 5.26 Å². The van der Waals surface area contributed by atoms with Gasteiger partial charge >= 0.3 is 0 Å². The van der Waals surface area contributed by atoms with E-state index in [0.717, 1.165) is 36.2 Å². The first-order valence-corrected chi connectivity index (χ1v) is 12.3. The summed E-state index contributed by atoms with van der Waals surface area (Å²) in [6.07, 6.45) is 2.22. The Hall–Kier alpha value is -3.89. The van der Waals surface area contributed by atoms with Gasteiger partial charge in [0.15, 0.2) is 0 Å². The normalized spacial score (nSPS) is 14.8. The third-order valence-corrected chi connectivity index (χ3v) is 6.66. The molecule has 0 spiro atoms. The van der Waals surface area contributed by atoms with Crippen LogP contribution in [0.5, 0.6) is 5.75 Å². The number of ether oxygens (including phenoxy) is 1. The zero-order valence-corrected chi connectivity index (χ0v) is 20.8. The van der Waals surface area contributed by atoms with Crippen LogP contribution in [-0.2, 0) is 17.9 Å². The quantitative estimate of drug-likeness (QED) is 0.469. The van der Waals surface area contributed by atoms with Crippen molar-refractivity contribution in [2.24, 2.45) is 5.92 Å². The van der Waals surface area contributed by atoms with Crippen LogP contribution in [0.25, 0.3) is 11.1 Å². The van der Waals surface area contributed by atoms with Gasteiger partial charge in [0.1, 0.15) is 18.6 Å². The summed E-state index contributed by atoms with van der Waals surface area (Å²) in [7, 11) is 0. The Morgan fingerprint density at radius 3 is 2.50 bits per heavy atom. The van der Waals surface area contributed by atoms with Gasteiger partial charge in [-0.1, -0.05) is 56.3 Å². The molecule has 1 amide bonds. The fourth-order valence-electron chi connectivity index (χ4n) is 4.23. The highest BCUT2D eigenvalue weighted by atomic mass is 16.5. The van der Waals surface area contributed by atoms with E-state index >= 15 is 0 Å². The van der Waals surface area contributed by atoms with Crippen LogP contribution in [0.2, 0.25) is 0 Å². The van der Waals surface area contributed by atoms with Gasteiger partial charge in [-0.25, -0.2) is 0 Å². The van der Waals surface area contributed by atoms with Crippen molar-refractivity contribution in [2.45, 2.75) is 33.4 Å². The molecule has 7 nitrogen and oxygen atoms in total. The largest absolute Gasteiger partial charge is 0.482 e. The lowest BCUT2D eigenvalue weighted by molar-refractivity contribution is -0.136. The molecule has 1 aliphatic heterocycles. The lowest BCUT2D eigenvalue weighted by Crippen LogP contribution is -2.49. The Morgan fingerprint density at radius 1 is 1.11 bits per heavy atom. The molecule has 7 heteroatoms. The van der Waals surface area contributed by atoms with Crippen molar-refractivity contribution in [3.63, 3.8) is 0 Å². The Kier molecular flexibility index (Phi) is 8.19. The first-order valence-electron chi connectivity index (χ1n) is 12.3. The zero-order chi connectivity index (χ0) is 25.5. The minimum absolute atomic E-state index is 0.0559. The topological polar surface area (TPSA) is 86.8 Å². The number of piperazine rings is 1. The molecule has 1 aliphatic rings. The van der Waals surface area contributed by atoms with Crippen LogP contribution >= 0.6 is 0 Å². The second kappa shape index (κ2) is 11.7. The van der Waals surface area contributed by atoms with Gasteiger partial charge in [0.2, 0.25) is 17.1 Å². The Labute approximate surface area is 211 Å². The summed E-state index contributed by atoms with van der Waals surface area (Å²) in [6.45, 7) is 7.63. The van der Waals surface area contributed by atoms with Gasteiger partial charge in [-0.05, 0) is 29.2 Å². The van der Waals surface area contributed by atoms with Crippen LogP contribution in [0.3, 0.4) is 0 Å². The van der Waals surface area contributed by atoms with E-state index in [1.807, 2.05) is 61.2 Å². The van der Waals surface area contributed by atoms with E-state index in [9.17, 15) is 14.9 Å². The minimum Gasteiger partial charge on any atom is -0.482 e. The van der Waals surface area contributed by atoms with Gasteiger partial charge in [0.25, 0.3) is 0 Å². The van der Waals surface area contributed by atoms with Gasteiger partial charge in [-0.2, -0.15) is 5.26 Å². The molecule has 36 heavy (non-hydrogen) atoms. The number of carbonyl (C=O) groups is 1. The maximum absolute atomic E-state index is 12.6. The number of carbonyl (C=O) groups excluding carboxylic acids is 1. The van der Waals surface area contributed by atoms with E-state index in [1.54, 1.807) is 6.07 Å². The molecule has 3 aromatic rings. The summed E-state index contributed by atoms with van der Waals surface area (Å²) in [5, 5.41) is 9.31. The molecule has 0 unspecified atom stereocenters. The van der Waals surface area contributed by atoms with Gasteiger partial charge in [-0.3, -0.25) is 14.5 Å². The second-order valence-corrected chi connectivity index (χ2v) is 9.13. The highest BCUT2D eigenvalue weighted by Crippen LogP contribution is 2.24. The summed E-state index contributed by atoms with van der Waals surface area (Å²) < 4.78 is 11.4. The summed E-state index contributed by atoms with van der Waals surface area (Å²) in [4.78, 5) is 29.1. The molecular formula is C29H31N3O4. The van der Waals surface area contributed by atoms with Crippen molar-refractivity contribution in [1.82, 2.24) is 9.80 Å². The standard InChI is InChI=1S/C29H31N3O4/c1-3-21(2)29(34)32-14-12-31(13-15-32)18-25-16-27(33)28(20-35-25)36-19-22-8-10-23(11-9-22)26-7-5-4-6-24(26)17-30/h4-11,16,20-21H,3,12-15,18-19H2,1-2H3/t21-/m1/s1. The summed E-state index contributed by atoms with van der Waals surface area (Å²) >= 11 is 0. The average Bonchev–Trinajstić information content (AvgIpc) is 2.92. The molecule has 0 saturated carbocycles. The molecule has 1 aromatic heterocycles. The number of nitriles is 1. The number of benzene rings is 2. The molecule has 4 rings (SSSR count). The van der Waals surface area contributed by atoms with Crippen molar-refractivity contribution >= 4 is 5.91 Å². The van der Waals surface area contributed by atoms with E-state index in [2.05, 4.69) is 11.0 Å². The maximum Gasteiger partial charge on any atom is 0.227 e. The van der Waals surface area contributed by atoms with Crippen molar-refractivity contribution in [3.8, 4) is 22.9 Å². The second-order valence-electron chi connectivity index (χ2n) is 9.13. The van der Waals surface area contributed by atoms with Gasteiger partial charge in [0.05, 0.1) is 18.2 Å². The van der Waals surface area contributed by atoms with Crippen LogP contribution in [0.15, 0.2) is 70.1 Å². The molecule has 0 radical (unpaired) electrons. The number of nitrogens with zero attached hydrogens (tertiary/aromatic N) is 3. The van der Waals surface area contributed by atoms with Gasteiger partial charge < -0.3 is 14.1 Å². The van der Waals surface area contributed by atoms with Crippen molar-refractivity contribution < 1.29 is 13.9 Å². The molecule has 1 fully saturated rings. The molecular weight excluding hydrogens is 454 g/mol. The predicted molar refractivity (Wildman–Crippen MR) is 137 cm³/mol. The molecule has 1 saturated heterocycles. The number of hydrogen-bond donors (Lipinski definition) is 0. The zero-order valence-electron chi connectivity index (χ0n) is 20.8. The monoisotopic (exact) mass is 485 g/mol. The van der Waals surface area contributed by atoms with Crippen LogP contribution in [0.1, 0.15) is 37.2 Å². The molecule has 0 N–H and O–H groups in total. The van der Waals surface area contributed by atoms with Crippen LogP contribution in [0.4, 0.5) is 0 Å². The smallest absolute Gasteiger partial charge is 0.227 e. The summed E-state index contributed by atoms with van der Waals surface area (Å²) in [6, 6.07) is 18.9. The van der Waals surface area contributed by atoms with E-state index < -0.39 is 0 Å². The first-order chi connectivity index (χ1) is 17.5. The molecule has 2 aromatic carbocycles. The average molecular weight is 486 g/mol. The third kappa shape index (κ3) is 6.02. The molecule has 1 atom stereocenters. The number of rotatable bonds is 8. The Bertz CT molecular complexity index is 1280. The molecule has 0 bridgehead atoms. The number of hydrogen-bond acceptors (Lipinski definition) is 6. The summed E-state index contributed by atoms with van der Waals surface area (Å²) in [5.74, 6) is 1.02. The van der Waals surface area contributed by atoms with Gasteiger partial charge in [-0.15, -0.1) is 0 Å². The maximum atomic E-state index is 12.6. The minimum atomic E-state index is -0.221. The fraction of sp³-hybridized carbons (Fsp3) is 0.345. The van der Waals surface area contributed by atoms with Crippen LogP contribution in [-0.4, -0.2) is 41.9 Å². The van der Waals surface area contributed by atoms with Gasteiger partial charge in [0, 0.05) is 38.2 Å². The van der Waals surface area contributed by atoms with E-state index in [4.69, 9.17) is 9.15 Å². The predicted octanol–water partition coefficient (Wildman–Crippen LogP) is 4.45. The van der Waals surface area contributed by atoms with Crippen LogP contribution in [0, 0.1) is 17.2 Å². The summed E-state index contributed by atoms with van der Waals surface area (Å²) in [5.41, 5.74) is 3.14. The molecule has 0 aliphatic carbocycles. The lowest BCUT2D eigenvalue weighted by Gasteiger charge is -2.35. The number of amides is 1. The fourth-order valence-corrected chi connectivity index (χ4v) is 4.23. The van der Waals surface area contributed by atoms with Crippen LogP contribution < -0.4 is 10.2 Å². The van der Waals surface area contributed by atoms with E-state index in [-0.39, 0.29) is 29.6 Å². The van der Waals surface area contributed by atoms with Crippen molar-refractivity contribution in [3.05, 3.63) is 88.0 Å². The first kappa shape index (κ1) is 25.2. The Balaban J connectivity index is 1.30. The molecule has 2 heterocycles. The highest BCUT2D eigenvalue weighted by Gasteiger charge is 2.24.